The zero-order valence-corrected chi connectivity index (χ0v) is 11.9. The van der Waals surface area contributed by atoms with Crippen LogP contribution in [0.3, 0.4) is 0 Å². The van der Waals surface area contributed by atoms with Crippen molar-refractivity contribution in [2.75, 3.05) is 0 Å². The van der Waals surface area contributed by atoms with Crippen LogP contribution in [0.25, 0.3) is 0 Å². The van der Waals surface area contributed by atoms with Crippen LogP contribution in [0, 0.1) is 5.92 Å². The van der Waals surface area contributed by atoms with Crippen LogP contribution in [0.4, 0.5) is 0 Å². The Labute approximate surface area is 93.7 Å². The third kappa shape index (κ3) is 3.77. The second kappa shape index (κ2) is 6.40. The Bertz CT molecular complexity index is 207. The van der Waals surface area contributed by atoms with E-state index in [-0.39, 0.29) is 0 Å². The Kier molecular flexibility index (Phi) is 6.91. The Hall–Kier alpha value is 0.943. The minimum absolute atomic E-state index is 0.685. The topological polar surface area (TPSA) is 0 Å². The molecule has 0 N–H and O–H groups in total. The summed E-state index contributed by atoms with van der Waals surface area (Å²) in [5, 5.41) is 0. The summed E-state index contributed by atoms with van der Waals surface area (Å²) >= 11 is -0.826. The van der Waals surface area contributed by atoms with Gasteiger partial charge in [0.2, 0.25) is 0 Å². The Morgan fingerprint density at radius 3 is 1.75 bits per heavy atom. The zero-order valence-electron chi connectivity index (χ0n) is 7.91. The summed E-state index contributed by atoms with van der Waals surface area (Å²) in [4.78, 5) is 0. The molecular weight excluding hydrogens is 270 g/mol. The molecule has 0 amide bonds. The third-order valence-electron chi connectivity index (χ3n) is 2.37. The van der Waals surface area contributed by atoms with Crippen molar-refractivity contribution in [3.8, 4) is 0 Å². The maximum absolute atomic E-state index is 4.93. The van der Waals surface area contributed by atoms with Crippen LogP contribution in [0.15, 0.2) is 22.8 Å². The van der Waals surface area contributed by atoms with E-state index in [9.17, 15) is 0 Å². The van der Waals surface area contributed by atoms with Crippen molar-refractivity contribution in [3.63, 3.8) is 0 Å². The van der Waals surface area contributed by atoms with E-state index in [1.165, 1.54) is 16.7 Å². The van der Waals surface area contributed by atoms with E-state index in [2.05, 4.69) is 33.8 Å². The van der Waals surface area contributed by atoms with Gasteiger partial charge in [-0.2, -0.15) is 0 Å². The molecule has 1 unspecified atom stereocenters. The molecule has 0 radical (unpaired) electrons. The first-order valence-corrected chi connectivity index (χ1v) is 10.2. The summed E-state index contributed by atoms with van der Waals surface area (Å²) in [5.74, 6) is 0.685. The van der Waals surface area contributed by atoms with E-state index in [0.717, 1.165) is 0 Å². The fourth-order valence-electron chi connectivity index (χ4n) is 1.28. The van der Waals surface area contributed by atoms with E-state index in [1.807, 2.05) is 0 Å². The zero-order chi connectivity index (χ0) is 9.72. The quantitative estimate of drug-likeness (QED) is 0.622. The van der Waals surface area contributed by atoms with Crippen molar-refractivity contribution in [2.24, 2.45) is 5.92 Å². The summed E-state index contributed by atoms with van der Waals surface area (Å²) in [6.07, 6.45) is 2.32. The second-order valence-electron chi connectivity index (χ2n) is 3.02. The molecule has 1 aliphatic carbocycles. The second-order valence-corrected chi connectivity index (χ2v) is 6.75. The van der Waals surface area contributed by atoms with Crippen LogP contribution >= 0.6 is 17.0 Å². The summed E-state index contributed by atoms with van der Waals surface area (Å²) in [6, 6.07) is 0. The Morgan fingerprint density at radius 1 is 1.25 bits per heavy atom. The molecule has 1 aliphatic rings. The summed E-state index contributed by atoms with van der Waals surface area (Å²) in [5.41, 5.74) is 4.48. The van der Waals surface area contributed by atoms with E-state index in [0.29, 0.717) is 5.92 Å². The molecule has 0 saturated heterocycles. The van der Waals surface area contributed by atoms with E-state index < -0.39 is 20.8 Å². The standard InChI is InChI=1S/C9H14.2ClH.Zr/c1-6-5-7(2)9(4)8(6)3;;;/h5-6H,1-4H3;2*1H;/q;;;+2/p-2. The molecule has 0 saturated carbocycles. The van der Waals surface area contributed by atoms with Crippen molar-refractivity contribution in [2.45, 2.75) is 27.7 Å². The predicted octanol–water partition coefficient (Wildman–Crippen LogP) is 4.30. The first-order chi connectivity index (χ1) is 5.54. The van der Waals surface area contributed by atoms with Crippen LogP contribution < -0.4 is 0 Å². The molecular formula is C9H14Cl2Zr. The summed E-state index contributed by atoms with van der Waals surface area (Å²) in [6.45, 7) is 8.84. The molecule has 0 aliphatic heterocycles. The van der Waals surface area contributed by atoms with Gasteiger partial charge in [0.1, 0.15) is 0 Å². The number of allylic oxidation sites excluding steroid dienone is 4. The van der Waals surface area contributed by atoms with Crippen LogP contribution in [-0.4, -0.2) is 0 Å². The summed E-state index contributed by atoms with van der Waals surface area (Å²) in [7, 11) is 9.87. The van der Waals surface area contributed by atoms with E-state index in [1.54, 1.807) is 0 Å². The van der Waals surface area contributed by atoms with Gasteiger partial charge in [0.25, 0.3) is 0 Å². The van der Waals surface area contributed by atoms with Crippen molar-refractivity contribution in [3.05, 3.63) is 22.8 Å². The number of halogens is 2. The van der Waals surface area contributed by atoms with Gasteiger partial charge < -0.3 is 0 Å². The van der Waals surface area contributed by atoms with Crippen molar-refractivity contribution < 1.29 is 20.8 Å². The molecule has 0 heterocycles. The molecule has 0 bridgehead atoms. The molecule has 0 aromatic heterocycles. The van der Waals surface area contributed by atoms with Crippen LogP contribution in [0.5, 0.6) is 0 Å². The molecule has 1 atom stereocenters. The monoisotopic (exact) mass is 282 g/mol. The molecule has 3 heteroatoms. The summed E-state index contributed by atoms with van der Waals surface area (Å²) < 4.78 is 0. The molecule has 0 aromatic rings. The van der Waals surface area contributed by atoms with Gasteiger partial charge in [-0.05, 0) is 32.3 Å². The number of hydrogen-bond donors (Lipinski definition) is 0. The van der Waals surface area contributed by atoms with Crippen LogP contribution in [0.2, 0.25) is 0 Å². The molecule has 12 heavy (non-hydrogen) atoms. The van der Waals surface area contributed by atoms with Gasteiger partial charge in [-0.3, -0.25) is 0 Å². The molecule has 1 rings (SSSR count). The van der Waals surface area contributed by atoms with Gasteiger partial charge in [-0.1, -0.05) is 24.1 Å². The van der Waals surface area contributed by atoms with Gasteiger partial charge in [0.05, 0.1) is 0 Å². The van der Waals surface area contributed by atoms with E-state index in [4.69, 9.17) is 17.0 Å². The van der Waals surface area contributed by atoms with Crippen molar-refractivity contribution in [1.82, 2.24) is 0 Å². The third-order valence-corrected chi connectivity index (χ3v) is 2.37. The van der Waals surface area contributed by atoms with Crippen LogP contribution in [0.1, 0.15) is 27.7 Å². The minimum atomic E-state index is -0.826. The molecule has 0 spiro atoms. The van der Waals surface area contributed by atoms with Gasteiger partial charge in [0.15, 0.2) is 0 Å². The van der Waals surface area contributed by atoms with Gasteiger partial charge >= 0.3 is 37.9 Å². The average molecular weight is 284 g/mol. The Balaban J connectivity index is 0.000000354. The normalized spacial score (nSPS) is 21.5. The molecule has 68 valence electrons. The van der Waals surface area contributed by atoms with Crippen LogP contribution in [-0.2, 0) is 20.8 Å². The molecule has 0 aromatic carbocycles. The first kappa shape index (κ1) is 12.9. The first-order valence-electron chi connectivity index (χ1n) is 3.87. The number of hydrogen-bond acceptors (Lipinski definition) is 0. The van der Waals surface area contributed by atoms with Gasteiger partial charge in [0, 0.05) is 0 Å². The molecule has 0 fully saturated rings. The predicted molar refractivity (Wildman–Crippen MR) is 53.0 cm³/mol. The van der Waals surface area contributed by atoms with Gasteiger partial charge in [-0.25, -0.2) is 0 Å². The van der Waals surface area contributed by atoms with Crippen molar-refractivity contribution >= 4 is 17.0 Å². The molecule has 0 nitrogen and oxygen atoms in total. The fourth-order valence-corrected chi connectivity index (χ4v) is 1.28. The Morgan fingerprint density at radius 2 is 1.67 bits per heavy atom. The van der Waals surface area contributed by atoms with Crippen molar-refractivity contribution in [1.29, 1.82) is 0 Å². The van der Waals surface area contributed by atoms with Gasteiger partial charge in [-0.15, -0.1) is 0 Å². The van der Waals surface area contributed by atoms with E-state index >= 15 is 0 Å². The SMILES string of the molecule is CC1=CC(C)C(C)=C1C.[Cl][Zr][Cl]. The average Bonchev–Trinajstić information content (AvgIpc) is 2.20. The fraction of sp³-hybridized carbons (Fsp3) is 0.556. The number of rotatable bonds is 0. The maximum atomic E-state index is 4.93.